The van der Waals surface area contributed by atoms with E-state index in [1.165, 1.54) is 0 Å². The molecule has 3 rings (SSSR count). The second-order valence-electron chi connectivity index (χ2n) is 4.61. The molecule has 3 N–H and O–H groups in total. The molecule has 1 unspecified atom stereocenters. The lowest BCUT2D eigenvalue weighted by Gasteiger charge is -2.23. The van der Waals surface area contributed by atoms with Crippen molar-refractivity contribution in [1.82, 2.24) is 15.6 Å². The normalized spacial score (nSPS) is 18.6. The van der Waals surface area contributed by atoms with Crippen molar-refractivity contribution < 1.29 is 9.59 Å². The van der Waals surface area contributed by atoms with Crippen LogP contribution in [0.3, 0.4) is 0 Å². The quantitative estimate of drug-likeness (QED) is 0.731. The Bertz CT molecular complexity index is 656. The average molecular weight is 270 g/mol. The van der Waals surface area contributed by atoms with Crippen molar-refractivity contribution in [2.24, 2.45) is 0 Å². The number of piperazine rings is 1. The lowest BCUT2D eigenvalue weighted by atomic mass is 10.1. The Morgan fingerprint density at radius 2 is 2.15 bits per heavy atom. The summed E-state index contributed by atoms with van der Waals surface area (Å²) in [5, 5.41) is 9.37. The second kappa shape index (κ2) is 5.26. The fourth-order valence-electron chi connectivity index (χ4n) is 2.18. The third-order valence-electron chi connectivity index (χ3n) is 3.22. The number of pyridine rings is 1. The van der Waals surface area contributed by atoms with Gasteiger partial charge in [-0.25, -0.2) is 0 Å². The van der Waals surface area contributed by atoms with Crippen LogP contribution in [0.25, 0.3) is 10.9 Å². The molecule has 0 radical (unpaired) electrons. The predicted molar refractivity (Wildman–Crippen MR) is 75.2 cm³/mol. The maximum Gasteiger partial charge on any atom is 0.243 e. The van der Waals surface area contributed by atoms with E-state index in [1.807, 2.05) is 30.3 Å². The molecule has 1 aliphatic rings. The molecule has 0 spiro atoms. The highest BCUT2D eigenvalue weighted by atomic mass is 16.2. The van der Waals surface area contributed by atoms with E-state index in [2.05, 4.69) is 20.9 Å². The minimum Gasteiger partial charge on any atom is -0.353 e. The van der Waals surface area contributed by atoms with Gasteiger partial charge in [0.2, 0.25) is 11.8 Å². The summed E-state index contributed by atoms with van der Waals surface area (Å²) in [6.07, 6.45) is 1.69. The average Bonchev–Trinajstić information content (AvgIpc) is 2.48. The molecule has 1 saturated heterocycles. The Balaban J connectivity index is 1.79. The van der Waals surface area contributed by atoms with Crippen molar-refractivity contribution in [1.29, 1.82) is 0 Å². The molecule has 1 fully saturated rings. The zero-order chi connectivity index (χ0) is 13.9. The van der Waals surface area contributed by atoms with Crippen molar-refractivity contribution >= 4 is 28.4 Å². The lowest BCUT2D eigenvalue weighted by Crippen LogP contribution is -2.56. The van der Waals surface area contributed by atoms with E-state index in [1.54, 1.807) is 6.20 Å². The Kier molecular flexibility index (Phi) is 3.30. The van der Waals surface area contributed by atoms with E-state index in [4.69, 9.17) is 0 Å². The molecule has 2 aromatic rings. The van der Waals surface area contributed by atoms with Gasteiger partial charge in [-0.2, -0.15) is 0 Å². The van der Waals surface area contributed by atoms with Gasteiger partial charge in [0.05, 0.1) is 17.7 Å². The van der Waals surface area contributed by atoms with Crippen molar-refractivity contribution in [3.8, 4) is 0 Å². The van der Waals surface area contributed by atoms with Crippen LogP contribution in [0.1, 0.15) is 0 Å². The molecular formula is C14H14N4O2. The predicted octanol–water partition coefficient (Wildman–Crippen LogP) is 0.261. The van der Waals surface area contributed by atoms with Gasteiger partial charge in [-0.15, -0.1) is 0 Å². The highest BCUT2D eigenvalue weighted by molar-refractivity contribution is 6.02. The largest absolute Gasteiger partial charge is 0.353 e. The van der Waals surface area contributed by atoms with Crippen LogP contribution < -0.4 is 16.0 Å². The molecule has 102 valence electrons. The van der Waals surface area contributed by atoms with Gasteiger partial charge >= 0.3 is 0 Å². The molecule has 6 nitrogen and oxygen atoms in total. The van der Waals surface area contributed by atoms with E-state index in [0.29, 0.717) is 12.2 Å². The van der Waals surface area contributed by atoms with E-state index >= 15 is 0 Å². The number of aromatic nitrogens is 1. The minimum absolute atomic E-state index is 0.0964. The number of hydrogen-bond donors (Lipinski definition) is 3. The summed E-state index contributed by atoms with van der Waals surface area (Å²) >= 11 is 0. The Morgan fingerprint density at radius 3 is 2.95 bits per heavy atom. The minimum atomic E-state index is -0.424. The second-order valence-corrected chi connectivity index (χ2v) is 4.61. The van der Waals surface area contributed by atoms with Crippen LogP contribution >= 0.6 is 0 Å². The number of fused-ring (bicyclic) bond motifs is 1. The highest BCUT2D eigenvalue weighted by Gasteiger charge is 2.24. The number of rotatable bonds is 2. The summed E-state index contributed by atoms with van der Waals surface area (Å²) in [6, 6.07) is 9.00. The number of hydrogen-bond acceptors (Lipinski definition) is 4. The van der Waals surface area contributed by atoms with Crippen LogP contribution in [-0.2, 0) is 9.59 Å². The van der Waals surface area contributed by atoms with E-state index in [0.717, 1.165) is 10.9 Å². The van der Waals surface area contributed by atoms with E-state index in [9.17, 15) is 9.59 Å². The molecular weight excluding hydrogens is 256 g/mol. The third-order valence-corrected chi connectivity index (χ3v) is 3.22. The molecule has 0 saturated carbocycles. The van der Waals surface area contributed by atoms with Crippen molar-refractivity contribution in [3.05, 3.63) is 36.5 Å². The maximum atomic E-state index is 12.2. The van der Waals surface area contributed by atoms with Crippen LogP contribution in [0.5, 0.6) is 0 Å². The number of amides is 2. The molecule has 0 aliphatic carbocycles. The number of benzene rings is 1. The summed E-state index contributed by atoms with van der Waals surface area (Å²) in [7, 11) is 0. The van der Waals surface area contributed by atoms with Gasteiger partial charge in [-0.3, -0.25) is 19.9 Å². The Hall–Kier alpha value is -2.47. The van der Waals surface area contributed by atoms with E-state index < -0.39 is 6.04 Å². The smallest absolute Gasteiger partial charge is 0.243 e. The number of carbonyl (C=O) groups excluding carboxylic acids is 2. The first-order valence-corrected chi connectivity index (χ1v) is 6.39. The number of carbonyl (C=O) groups is 2. The van der Waals surface area contributed by atoms with Crippen molar-refractivity contribution in [2.75, 3.05) is 18.4 Å². The molecule has 2 amide bonds. The van der Waals surface area contributed by atoms with Crippen LogP contribution in [0.15, 0.2) is 36.5 Å². The summed E-state index contributed by atoms with van der Waals surface area (Å²) in [6.45, 7) is 0.453. The Morgan fingerprint density at radius 1 is 1.30 bits per heavy atom. The topological polar surface area (TPSA) is 83.1 Å². The summed E-state index contributed by atoms with van der Waals surface area (Å²) in [4.78, 5) is 27.5. The fourth-order valence-corrected chi connectivity index (χ4v) is 2.18. The molecule has 1 aromatic heterocycles. The summed E-state index contributed by atoms with van der Waals surface area (Å²) in [5.41, 5.74) is 1.43. The molecule has 1 aliphatic heterocycles. The number of nitrogens with zero attached hydrogens (tertiary/aromatic N) is 1. The molecule has 1 atom stereocenters. The van der Waals surface area contributed by atoms with Gasteiger partial charge < -0.3 is 10.6 Å². The van der Waals surface area contributed by atoms with E-state index in [-0.39, 0.29) is 18.4 Å². The molecule has 6 heteroatoms. The fraction of sp³-hybridized carbons (Fsp3) is 0.214. The van der Waals surface area contributed by atoms with Gasteiger partial charge in [0.1, 0.15) is 6.04 Å². The first-order valence-electron chi connectivity index (χ1n) is 6.39. The number of para-hydroxylation sites is 1. The molecule has 20 heavy (non-hydrogen) atoms. The first-order chi connectivity index (χ1) is 9.74. The van der Waals surface area contributed by atoms with Gasteiger partial charge in [0.25, 0.3) is 0 Å². The lowest BCUT2D eigenvalue weighted by molar-refractivity contribution is -0.124. The van der Waals surface area contributed by atoms with Gasteiger partial charge in [0.15, 0.2) is 0 Å². The summed E-state index contributed by atoms with van der Waals surface area (Å²) < 4.78 is 0. The van der Waals surface area contributed by atoms with Crippen LogP contribution in [0.4, 0.5) is 5.69 Å². The van der Waals surface area contributed by atoms with Crippen LogP contribution in [0, 0.1) is 0 Å². The number of nitrogens with one attached hydrogen (secondary N) is 3. The SMILES string of the molecule is O=C1CNC(C(=O)Nc2cccc3cccnc23)CN1. The molecule has 1 aromatic carbocycles. The maximum absolute atomic E-state index is 12.2. The van der Waals surface area contributed by atoms with Gasteiger partial charge in [-0.05, 0) is 12.1 Å². The molecule has 0 bridgehead atoms. The van der Waals surface area contributed by atoms with Crippen molar-refractivity contribution in [3.63, 3.8) is 0 Å². The van der Waals surface area contributed by atoms with Crippen molar-refractivity contribution in [2.45, 2.75) is 6.04 Å². The number of anilines is 1. The zero-order valence-electron chi connectivity index (χ0n) is 10.7. The highest BCUT2D eigenvalue weighted by Crippen LogP contribution is 2.20. The zero-order valence-corrected chi connectivity index (χ0v) is 10.7. The Labute approximate surface area is 115 Å². The van der Waals surface area contributed by atoms with Crippen LogP contribution in [-0.4, -0.2) is 35.9 Å². The molecule has 2 heterocycles. The van der Waals surface area contributed by atoms with Gasteiger partial charge in [0, 0.05) is 18.1 Å². The first kappa shape index (κ1) is 12.6. The summed E-state index contributed by atoms with van der Waals surface area (Å²) in [5.74, 6) is -0.274. The van der Waals surface area contributed by atoms with Crippen LogP contribution in [0.2, 0.25) is 0 Å². The monoisotopic (exact) mass is 270 g/mol. The van der Waals surface area contributed by atoms with Gasteiger partial charge in [-0.1, -0.05) is 18.2 Å². The third kappa shape index (κ3) is 2.46. The standard InChI is InChI=1S/C14H14N4O2/c19-12-8-16-11(7-17-12)14(20)18-10-5-1-3-9-4-2-6-15-13(9)10/h1-6,11,16H,7-8H2,(H,17,19)(H,18,20).